The van der Waals surface area contributed by atoms with E-state index >= 15 is 0 Å². The zero-order valence-electron chi connectivity index (χ0n) is 15.3. The number of hydrogen-bond acceptors (Lipinski definition) is 4. The van der Waals surface area contributed by atoms with E-state index in [0.29, 0.717) is 28.7 Å². The van der Waals surface area contributed by atoms with Gasteiger partial charge < -0.3 is 19.3 Å². The zero-order valence-corrected chi connectivity index (χ0v) is 16.9. The van der Waals surface area contributed by atoms with Crippen LogP contribution in [-0.2, 0) is 0 Å². The summed E-state index contributed by atoms with van der Waals surface area (Å²) in [5.74, 6) is 3.58. The maximum Gasteiger partial charge on any atom is 0.169 e. The highest BCUT2D eigenvalue weighted by atomic mass is 79.9. The molecule has 0 unspecified atom stereocenters. The van der Waals surface area contributed by atoms with E-state index in [1.165, 1.54) is 6.07 Å². The lowest BCUT2D eigenvalue weighted by Crippen LogP contribution is -1.88. The zero-order chi connectivity index (χ0) is 20.1. The van der Waals surface area contributed by atoms with E-state index in [1.54, 1.807) is 36.4 Å². The van der Waals surface area contributed by atoms with Gasteiger partial charge in [0, 0.05) is 10.5 Å². The SMILES string of the molecule is Oc1cc(Oc2ccccc2)ccc1Oc1ccc(Oc2ccc(Br)cc2)cc1. The summed E-state index contributed by atoms with van der Waals surface area (Å²) in [5.41, 5.74) is 0. The molecule has 0 aliphatic heterocycles. The molecule has 5 heteroatoms. The Hall–Kier alpha value is -3.44. The highest BCUT2D eigenvalue weighted by molar-refractivity contribution is 9.10. The molecule has 0 bridgehead atoms. The Labute approximate surface area is 177 Å². The number of phenols is 1. The van der Waals surface area contributed by atoms with E-state index in [9.17, 15) is 5.11 Å². The fraction of sp³-hybridized carbons (Fsp3) is 0. The van der Waals surface area contributed by atoms with Crippen LogP contribution in [0, 0.1) is 0 Å². The maximum absolute atomic E-state index is 10.3. The third-order valence-electron chi connectivity index (χ3n) is 4.01. The summed E-state index contributed by atoms with van der Waals surface area (Å²) in [6.07, 6.45) is 0. The van der Waals surface area contributed by atoms with Crippen LogP contribution in [0.15, 0.2) is 102 Å². The lowest BCUT2D eigenvalue weighted by atomic mass is 10.3. The van der Waals surface area contributed by atoms with Crippen LogP contribution in [0.5, 0.6) is 40.2 Å². The van der Waals surface area contributed by atoms with Crippen LogP contribution < -0.4 is 14.2 Å². The molecule has 0 heterocycles. The molecule has 4 aromatic carbocycles. The number of para-hydroxylation sites is 1. The fourth-order valence-electron chi connectivity index (χ4n) is 2.61. The molecule has 0 saturated heterocycles. The molecule has 144 valence electrons. The molecular formula is C24H17BrO4. The number of hydrogen-bond donors (Lipinski definition) is 1. The smallest absolute Gasteiger partial charge is 0.169 e. The predicted octanol–water partition coefficient (Wildman–Crippen LogP) is 7.53. The summed E-state index contributed by atoms with van der Waals surface area (Å²) >= 11 is 3.40. The Bertz CT molecular complexity index is 1080. The predicted molar refractivity (Wildman–Crippen MR) is 115 cm³/mol. The Kier molecular flexibility index (Phi) is 5.68. The van der Waals surface area contributed by atoms with Crippen molar-refractivity contribution in [3.05, 3.63) is 102 Å². The first-order valence-electron chi connectivity index (χ1n) is 8.93. The molecule has 4 aromatic rings. The van der Waals surface area contributed by atoms with Crippen LogP contribution >= 0.6 is 15.9 Å². The first-order chi connectivity index (χ1) is 14.2. The minimum absolute atomic E-state index is 0.00591. The van der Waals surface area contributed by atoms with Gasteiger partial charge in [-0.1, -0.05) is 34.1 Å². The van der Waals surface area contributed by atoms with Crippen molar-refractivity contribution in [2.24, 2.45) is 0 Å². The molecule has 0 saturated carbocycles. The van der Waals surface area contributed by atoms with Gasteiger partial charge in [-0.25, -0.2) is 0 Å². The molecule has 0 spiro atoms. The van der Waals surface area contributed by atoms with Crippen molar-refractivity contribution in [1.82, 2.24) is 0 Å². The topological polar surface area (TPSA) is 47.9 Å². The second-order valence-electron chi connectivity index (χ2n) is 6.17. The van der Waals surface area contributed by atoms with Gasteiger partial charge in [0.25, 0.3) is 0 Å². The van der Waals surface area contributed by atoms with Gasteiger partial charge >= 0.3 is 0 Å². The number of aromatic hydroxyl groups is 1. The van der Waals surface area contributed by atoms with Gasteiger partial charge in [-0.3, -0.25) is 0 Å². The van der Waals surface area contributed by atoms with Crippen molar-refractivity contribution in [3.63, 3.8) is 0 Å². The molecule has 0 atom stereocenters. The van der Waals surface area contributed by atoms with Gasteiger partial charge in [0.1, 0.15) is 28.7 Å². The number of rotatable bonds is 6. The highest BCUT2D eigenvalue weighted by Crippen LogP contribution is 2.36. The third-order valence-corrected chi connectivity index (χ3v) is 4.54. The second kappa shape index (κ2) is 8.71. The van der Waals surface area contributed by atoms with Crippen LogP contribution in [0.3, 0.4) is 0 Å². The fourth-order valence-corrected chi connectivity index (χ4v) is 2.88. The molecule has 4 rings (SSSR count). The highest BCUT2D eigenvalue weighted by Gasteiger charge is 2.07. The summed E-state index contributed by atoms with van der Waals surface area (Å²) in [7, 11) is 0. The number of halogens is 1. The lowest BCUT2D eigenvalue weighted by molar-refractivity contribution is 0.404. The van der Waals surface area contributed by atoms with Crippen molar-refractivity contribution in [2.45, 2.75) is 0 Å². The minimum atomic E-state index is -0.00591. The third kappa shape index (κ3) is 5.09. The van der Waals surface area contributed by atoms with Gasteiger partial charge in [0.2, 0.25) is 0 Å². The van der Waals surface area contributed by atoms with Gasteiger partial charge in [0.15, 0.2) is 11.5 Å². The maximum atomic E-state index is 10.3. The molecule has 1 N–H and O–H groups in total. The molecule has 4 nitrogen and oxygen atoms in total. The molecule has 0 aliphatic rings. The van der Waals surface area contributed by atoms with Crippen LogP contribution in [0.4, 0.5) is 0 Å². The van der Waals surface area contributed by atoms with E-state index < -0.39 is 0 Å². The van der Waals surface area contributed by atoms with Crippen molar-refractivity contribution in [2.75, 3.05) is 0 Å². The summed E-state index contributed by atoms with van der Waals surface area (Å²) in [5, 5.41) is 10.3. The van der Waals surface area contributed by atoms with E-state index in [4.69, 9.17) is 14.2 Å². The van der Waals surface area contributed by atoms with E-state index in [2.05, 4.69) is 15.9 Å². The van der Waals surface area contributed by atoms with E-state index in [0.717, 1.165) is 10.2 Å². The number of ether oxygens (including phenoxy) is 3. The lowest BCUT2D eigenvalue weighted by Gasteiger charge is -2.11. The Morgan fingerprint density at radius 2 is 1.00 bits per heavy atom. The molecule has 0 aliphatic carbocycles. The summed E-state index contributed by atoms with van der Waals surface area (Å²) in [6.45, 7) is 0. The Balaban J connectivity index is 1.41. The quantitative estimate of drug-likeness (QED) is 0.331. The normalized spacial score (nSPS) is 10.4. The average Bonchev–Trinajstić information content (AvgIpc) is 2.74. The van der Waals surface area contributed by atoms with E-state index in [-0.39, 0.29) is 5.75 Å². The first-order valence-corrected chi connectivity index (χ1v) is 9.72. The van der Waals surface area contributed by atoms with Gasteiger partial charge in [-0.2, -0.15) is 0 Å². The summed E-state index contributed by atoms with van der Waals surface area (Å²) in [4.78, 5) is 0. The summed E-state index contributed by atoms with van der Waals surface area (Å²) in [6, 6.07) is 29.1. The minimum Gasteiger partial charge on any atom is -0.504 e. The van der Waals surface area contributed by atoms with Crippen molar-refractivity contribution >= 4 is 15.9 Å². The number of phenolic OH excluding ortho intramolecular Hbond substituents is 1. The Morgan fingerprint density at radius 3 is 1.62 bits per heavy atom. The second-order valence-corrected chi connectivity index (χ2v) is 7.09. The van der Waals surface area contributed by atoms with Crippen LogP contribution in [0.1, 0.15) is 0 Å². The largest absolute Gasteiger partial charge is 0.504 e. The molecule has 29 heavy (non-hydrogen) atoms. The first kappa shape index (κ1) is 18.9. The van der Waals surface area contributed by atoms with Crippen LogP contribution in [-0.4, -0.2) is 5.11 Å². The average molecular weight is 449 g/mol. The van der Waals surface area contributed by atoms with Gasteiger partial charge in [-0.15, -0.1) is 0 Å². The summed E-state index contributed by atoms with van der Waals surface area (Å²) < 4.78 is 18.3. The van der Waals surface area contributed by atoms with Crippen molar-refractivity contribution in [1.29, 1.82) is 0 Å². The molecule has 0 radical (unpaired) electrons. The standard InChI is InChI=1S/C24H17BrO4/c25-17-6-8-19(9-7-17)27-20-10-12-21(13-11-20)29-24-15-14-22(16-23(24)26)28-18-4-2-1-3-5-18/h1-16,26H. The van der Waals surface area contributed by atoms with Crippen LogP contribution in [0.25, 0.3) is 0 Å². The van der Waals surface area contributed by atoms with Crippen molar-refractivity contribution in [3.8, 4) is 40.2 Å². The van der Waals surface area contributed by atoms with Crippen molar-refractivity contribution < 1.29 is 19.3 Å². The molecule has 0 aromatic heterocycles. The molecule has 0 fully saturated rings. The van der Waals surface area contributed by atoms with Crippen LogP contribution in [0.2, 0.25) is 0 Å². The molecule has 0 amide bonds. The van der Waals surface area contributed by atoms with Gasteiger partial charge in [-0.05, 0) is 72.8 Å². The van der Waals surface area contributed by atoms with Gasteiger partial charge in [0.05, 0.1) is 0 Å². The number of benzene rings is 4. The Morgan fingerprint density at radius 1 is 0.517 bits per heavy atom. The molecular weight excluding hydrogens is 432 g/mol. The van der Waals surface area contributed by atoms with E-state index in [1.807, 2.05) is 54.6 Å². The monoisotopic (exact) mass is 448 g/mol.